The van der Waals surface area contributed by atoms with Gasteiger partial charge in [0, 0.05) is 13.1 Å². The molecule has 0 saturated carbocycles. The molecule has 17 heavy (non-hydrogen) atoms. The van der Waals surface area contributed by atoms with Gasteiger partial charge < -0.3 is 15.4 Å². The molecule has 4 nitrogen and oxygen atoms in total. The summed E-state index contributed by atoms with van der Waals surface area (Å²) >= 11 is 0. The lowest BCUT2D eigenvalue weighted by Gasteiger charge is -2.31. The Kier molecular flexibility index (Phi) is 3.52. The Labute approximate surface area is 101 Å². The summed E-state index contributed by atoms with van der Waals surface area (Å²) in [6, 6.07) is 7.86. The minimum absolute atomic E-state index is 0.307. The van der Waals surface area contributed by atoms with Crippen LogP contribution < -0.4 is 10.5 Å². The number of carbonyl (C=O) groups excluding carboxylic acids is 1. The van der Waals surface area contributed by atoms with Crippen LogP contribution in [0, 0.1) is 0 Å². The van der Waals surface area contributed by atoms with E-state index in [9.17, 15) is 4.79 Å². The number of nitrogens with zero attached hydrogens (tertiary/aromatic N) is 1. The number of urea groups is 1. The molecule has 2 amide bonds. The molecule has 2 N–H and O–H groups in total. The van der Waals surface area contributed by atoms with Crippen molar-refractivity contribution in [2.24, 2.45) is 5.73 Å². The average molecular weight is 234 g/mol. The van der Waals surface area contributed by atoms with Crippen LogP contribution in [-0.4, -0.2) is 31.1 Å². The van der Waals surface area contributed by atoms with E-state index in [1.165, 1.54) is 5.56 Å². The molecule has 0 bridgehead atoms. The zero-order valence-electron chi connectivity index (χ0n) is 10.1. The first-order chi connectivity index (χ1) is 8.20. The number of carbonyl (C=O) groups is 1. The third-order valence-corrected chi connectivity index (χ3v) is 3.39. The molecule has 1 fully saturated rings. The SMILES string of the molecule is COc1ccc(C2CCN(C(N)=O)CC2)cc1. The summed E-state index contributed by atoms with van der Waals surface area (Å²) < 4.78 is 5.14. The molecule has 1 aliphatic heterocycles. The first-order valence-corrected chi connectivity index (χ1v) is 5.89. The van der Waals surface area contributed by atoms with E-state index in [1.807, 2.05) is 12.1 Å². The summed E-state index contributed by atoms with van der Waals surface area (Å²) in [7, 11) is 1.67. The molecule has 0 radical (unpaired) electrons. The Morgan fingerprint density at radius 3 is 2.35 bits per heavy atom. The molecule has 0 unspecified atom stereocenters. The molecule has 0 aromatic heterocycles. The molecule has 92 valence electrons. The summed E-state index contributed by atoms with van der Waals surface area (Å²) in [5.41, 5.74) is 6.57. The van der Waals surface area contributed by atoms with E-state index in [2.05, 4.69) is 12.1 Å². The van der Waals surface area contributed by atoms with E-state index in [0.717, 1.165) is 31.7 Å². The van der Waals surface area contributed by atoms with Crippen molar-refractivity contribution < 1.29 is 9.53 Å². The minimum Gasteiger partial charge on any atom is -0.497 e. The van der Waals surface area contributed by atoms with Crippen LogP contribution in [0.5, 0.6) is 5.75 Å². The topological polar surface area (TPSA) is 55.6 Å². The average Bonchev–Trinajstić information content (AvgIpc) is 2.39. The summed E-state index contributed by atoms with van der Waals surface area (Å²) in [4.78, 5) is 12.7. The molecular weight excluding hydrogens is 216 g/mol. The number of primary amides is 1. The molecule has 1 heterocycles. The molecule has 0 atom stereocenters. The Morgan fingerprint density at radius 2 is 1.88 bits per heavy atom. The Balaban J connectivity index is 1.97. The highest BCUT2D eigenvalue weighted by molar-refractivity contribution is 5.72. The van der Waals surface area contributed by atoms with Crippen LogP contribution >= 0.6 is 0 Å². The smallest absolute Gasteiger partial charge is 0.314 e. The number of methoxy groups -OCH3 is 1. The molecule has 0 spiro atoms. The van der Waals surface area contributed by atoms with E-state index in [1.54, 1.807) is 12.0 Å². The fourth-order valence-electron chi connectivity index (χ4n) is 2.31. The maximum Gasteiger partial charge on any atom is 0.314 e. The van der Waals surface area contributed by atoms with Crippen LogP contribution in [0.25, 0.3) is 0 Å². The van der Waals surface area contributed by atoms with Crippen molar-refractivity contribution in [2.75, 3.05) is 20.2 Å². The quantitative estimate of drug-likeness (QED) is 0.850. The predicted molar refractivity (Wildman–Crippen MR) is 66.1 cm³/mol. The van der Waals surface area contributed by atoms with E-state index >= 15 is 0 Å². The second-order valence-electron chi connectivity index (χ2n) is 4.37. The van der Waals surface area contributed by atoms with Gasteiger partial charge in [-0.05, 0) is 36.5 Å². The number of rotatable bonds is 2. The van der Waals surface area contributed by atoms with E-state index in [0.29, 0.717) is 5.92 Å². The summed E-state index contributed by atoms with van der Waals surface area (Å²) in [5.74, 6) is 1.40. The highest BCUT2D eigenvalue weighted by Crippen LogP contribution is 2.28. The monoisotopic (exact) mass is 234 g/mol. The molecule has 4 heteroatoms. The fourth-order valence-corrected chi connectivity index (χ4v) is 2.31. The molecule has 1 saturated heterocycles. The highest BCUT2D eigenvalue weighted by Gasteiger charge is 2.22. The third kappa shape index (κ3) is 2.70. The van der Waals surface area contributed by atoms with Crippen molar-refractivity contribution in [3.8, 4) is 5.75 Å². The Hall–Kier alpha value is -1.71. The second-order valence-corrected chi connectivity index (χ2v) is 4.37. The zero-order chi connectivity index (χ0) is 12.3. The van der Waals surface area contributed by atoms with Gasteiger partial charge in [-0.1, -0.05) is 12.1 Å². The van der Waals surface area contributed by atoms with Crippen molar-refractivity contribution in [3.05, 3.63) is 29.8 Å². The van der Waals surface area contributed by atoms with Crippen LogP contribution in [0.15, 0.2) is 24.3 Å². The van der Waals surface area contributed by atoms with Gasteiger partial charge >= 0.3 is 6.03 Å². The van der Waals surface area contributed by atoms with Crippen LogP contribution in [0.2, 0.25) is 0 Å². The number of amides is 2. The first kappa shape index (κ1) is 11.8. The van der Waals surface area contributed by atoms with Crippen molar-refractivity contribution in [2.45, 2.75) is 18.8 Å². The van der Waals surface area contributed by atoms with Gasteiger partial charge in [-0.3, -0.25) is 0 Å². The predicted octanol–water partition coefficient (Wildman–Crippen LogP) is 1.95. The number of nitrogens with two attached hydrogens (primary N) is 1. The Bertz CT molecular complexity index is 381. The van der Waals surface area contributed by atoms with Crippen LogP contribution in [-0.2, 0) is 0 Å². The normalized spacial score (nSPS) is 16.9. The summed E-state index contributed by atoms with van der Waals surface area (Å²) in [6.45, 7) is 1.51. The molecular formula is C13H18N2O2. The number of hydrogen-bond donors (Lipinski definition) is 1. The standard InChI is InChI=1S/C13H18N2O2/c1-17-12-4-2-10(3-5-12)11-6-8-15(9-7-11)13(14)16/h2-5,11H,6-9H2,1H3,(H2,14,16). The second kappa shape index (κ2) is 5.08. The van der Waals surface area contributed by atoms with Gasteiger partial charge in [0.25, 0.3) is 0 Å². The van der Waals surface area contributed by atoms with Gasteiger partial charge in [-0.15, -0.1) is 0 Å². The number of hydrogen-bond acceptors (Lipinski definition) is 2. The highest BCUT2D eigenvalue weighted by atomic mass is 16.5. The number of piperidine rings is 1. The lowest BCUT2D eigenvalue weighted by molar-refractivity contribution is 0.190. The van der Waals surface area contributed by atoms with E-state index in [4.69, 9.17) is 10.5 Å². The van der Waals surface area contributed by atoms with E-state index < -0.39 is 0 Å². The van der Waals surface area contributed by atoms with Crippen LogP contribution in [0.1, 0.15) is 24.3 Å². The van der Waals surface area contributed by atoms with Crippen molar-refractivity contribution in [1.29, 1.82) is 0 Å². The summed E-state index contributed by atoms with van der Waals surface area (Å²) in [6.07, 6.45) is 1.96. The largest absolute Gasteiger partial charge is 0.497 e. The summed E-state index contributed by atoms with van der Waals surface area (Å²) in [5, 5.41) is 0. The molecule has 1 aliphatic rings. The van der Waals surface area contributed by atoms with Gasteiger partial charge in [-0.25, -0.2) is 4.79 Å². The number of ether oxygens (including phenoxy) is 1. The fraction of sp³-hybridized carbons (Fsp3) is 0.462. The van der Waals surface area contributed by atoms with Crippen molar-refractivity contribution >= 4 is 6.03 Å². The van der Waals surface area contributed by atoms with Gasteiger partial charge in [0.15, 0.2) is 0 Å². The zero-order valence-corrected chi connectivity index (χ0v) is 10.1. The first-order valence-electron chi connectivity index (χ1n) is 5.89. The minimum atomic E-state index is -0.307. The maximum absolute atomic E-state index is 11.0. The van der Waals surface area contributed by atoms with Gasteiger partial charge in [0.2, 0.25) is 0 Å². The van der Waals surface area contributed by atoms with Gasteiger partial charge in [-0.2, -0.15) is 0 Å². The number of likely N-dealkylation sites (tertiary alicyclic amines) is 1. The van der Waals surface area contributed by atoms with Crippen molar-refractivity contribution in [3.63, 3.8) is 0 Å². The van der Waals surface area contributed by atoms with E-state index in [-0.39, 0.29) is 6.03 Å². The lowest BCUT2D eigenvalue weighted by Crippen LogP contribution is -2.41. The van der Waals surface area contributed by atoms with Crippen molar-refractivity contribution in [1.82, 2.24) is 4.90 Å². The van der Waals surface area contributed by atoms with Crippen LogP contribution in [0.3, 0.4) is 0 Å². The number of benzene rings is 1. The Morgan fingerprint density at radius 1 is 1.29 bits per heavy atom. The maximum atomic E-state index is 11.0. The molecule has 1 aromatic rings. The molecule has 1 aromatic carbocycles. The van der Waals surface area contributed by atoms with Gasteiger partial charge in [0.05, 0.1) is 7.11 Å². The molecule has 0 aliphatic carbocycles. The molecule has 2 rings (SSSR count). The van der Waals surface area contributed by atoms with Crippen LogP contribution in [0.4, 0.5) is 4.79 Å². The third-order valence-electron chi connectivity index (χ3n) is 3.39. The lowest BCUT2D eigenvalue weighted by atomic mass is 9.89. The van der Waals surface area contributed by atoms with Gasteiger partial charge in [0.1, 0.15) is 5.75 Å².